The molecule has 1 saturated carbocycles. The van der Waals surface area contributed by atoms with Gasteiger partial charge in [-0.05, 0) is 55.5 Å². The molecule has 134 valence electrons. The second-order valence-corrected chi connectivity index (χ2v) is 7.09. The number of hydrogen-bond acceptors (Lipinski definition) is 3. The predicted molar refractivity (Wildman–Crippen MR) is 104 cm³/mol. The van der Waals surface area contributed by atoms with Crippen LogP contribution in [0.25, 0.3) is 16.4 Å². The lowest BCUT2D eigenvalue weighted by atomic mass is 10.1. The highest BCUT2D eigenvalue weighted by molar-refractivity contribution is 6.08. The van der Waals surface area contributed by atoms with Crippen LogP contribution in [0.15, 0.2) is 53.5 Å². The Morgan fingerprint density at radius 3 is 2.89 bits per heavy atom. The number of hydrogen-bond donors (Lipinski definition) is 2. The van der Waals surface area contributed by atoms with Gasteiger partial charge in [0, 0.05) is 23.4 Å². The van der Waals surface area contributed by atoms with Gasteiger partial charge in [0.15, 0.2) is 5.69 Å². The summed E-state index contributed by atoms with van der Waals surface area (Å²) in [7, 11) is 0. The summed E-state index contributed by atoms with van der Waals surface area (Å²) in [5, 5.41) is 3.84. The van der Waals surface area contributed by atoms with E-state index in [1.165, 1.54) is 0 Å². The molecule has 1 amide bonds. The molecule has 1 fully saturated rings. The number of rotatable bonds is 3. The van der Waals surface area contributed by atoms with Crippen molar-refractivity contribution in [1.29, 1.82) is 0 Å². The van der Waals surface area contributed by atoms with E-state index < -0.39 is 0 Å². The maximum absolute atomic E-state index is 12.9. The number of H-pyrrole nitrogens is 1. The average Bonchev–Trinajstić information content (AvgIpc) is 3.43. The molecule has 0 spiro atoms. The van der Waals surface area contributed by atoms with Crippen molar-refractivity contribution in [3.05, 3.63) is 76.1 Å². The van der Waals surface area contributed by atoms with Crippen LogP contribution in [0.5, 0.6) is 0 Å². The van der Waals surface area contributed by atoms with Crippen molar-refractivity contribution in [1.82, 2.24) is 14.4 Å². The molecule has 0 saturated heterocycles. The van der Waals surface area contributed by atoms with Gasteiger partial charge in [0.05, 0.1) is 11.0 Å². The van der Waals surface area contributed by atoms with Gasteiger partial charge in [-0.15, -0.1) is 0 Å². The van der Waals surface area contributed by atoms with E-state index in [9.17, 15) is 9.59 Å². The van der Waals surface area contributed by atoms with Crippen LogP contribution in [-0.4, -0.2) is 20.3 Å². The van der Waals surface area contributed by atoms with Crippen LogP contribution in [0.3, 0.4) is 0 Å². The molecule has 0 unspecified atom stereocenters. The van der Waals surface area contributed by atoms with Crippen LogP contribution < -0.4 is 10.9 Å². The quantitative estimate of drug-likeness (QED) is 0.587. The molecule has 0 aliphatic heterocycles. The maximum atomic E-state index is 12.9. The Morgan fingerprint density at radius 2 is 2.07 bits per heavy atom. The number of amides is 1. The maximum Gasteiger partial charge on any atom is 0.276 e. The number of benzene rings is 1. The zero-order valence-corrected chi connectivity index (χ0v) is 14.8. The van der Waals surface area contributed by atoms with E-state index in [4.69, 9.17) is 0 Å². The summed E-state index contributed by atoms with van der Waals surface area (Å²) in [5.41, 5.74) is 3.09. The van der Waals surface area contributed by atoms with Crippen molar-refractivity contribution >= 4 is 28.0 Å². The van der Waals surface area contributed by atoms with Gasteiger partial charge in [-0.2, -0.15) is 0 Å². The molecule has 0 radical (unpaired) electrons. The molecular formula is C21H18N4O2. The van der Waals surface area contributed by atoms with E-state index in [0.29, 0.717) is 28.4 Å². The van der Waals surface area contributed by atoms with Crippen LogP contribution in [0.4, 0.5) is 5.69 Å². The van der Waals surface area contributed by atoms with Crippen molar-refractivity contribution in [2.24, 2.45) is 0 Å². The third kappa shape index (κ3) is 2.70. The lowest BCUT2D eigenvalue weighted by Crippen LogP contribution is -2.13. The number of pyridine rings is 2. The van der Waals surface area contributed by atoms with Crippen LogP contribution >= 0.6 is 0 Å². The molecule has 0 atom stereocenters. The fraction of sp³-hybridized carbons (Fsp3) is 0.190. The Bertz CT molecular complexity index is 1260. The number of anilines is 1. The van der Waals surface area contributed by atoms with Crippen molar-refractivity contribution in [3.8, 4) is 0 Å². The SMILES string of the molecule is Cc1cc2ccc(NC(=O)c3nc(C4CC4)n4ccccc34)cc2[nH]c1=O. The zero-order chi connectivity index (χ0) is 18.5. The van der Waals surface area contributed by atoms with Gasteiger partial charge in [0.1, 0.15) is 5.82 Å². The van der Waals surface area contributed by atoms with E-state index in [1.807, 2.05) is 47.0 Å². The Balaban J connectivity index is 1.52. The highest BCUT2D eigenvalue weighted by atomic mass is 16.2. The molecular weight excluding hydrogens is 340 g/mol. The van der Waals surface area contributed by atoms with Gasteiger partial charge in [0.2, 0.25) is 0 Å². The minimum absolute atomic E-state index is 0.125. The number of imidazole rings is 1. The van der Waals surface area contributed by atoms with E-state index in [0.717, 1.165) is 29.6 Å². The monoisotopic (exact) mass is 358 g/mol. The molecule has 27 heavy (non-hydrogen) atoms. The molecule has 0 bridgehead atoms. The minimum Gasteiger partial charge on any atom is -0.322 e. The van der Waals surface area contributed by atoms with Gasteiger partial charge in [-0.25, -0.2) is 4.98 Å². The molecule has 1 aromatic carbocycles. The number of aromatic amines is 1. The number of carbonyl (C=O) groups is 1. The Morgan fingerprint density at radius 1 is 1.22 bits per heavy atom. The topological polar surface area (TPSA) is 79.3 Å². The van der Waals surface area contributed by atoms with Crippen molar-refractivity contribution in [2.75, 3.05) is 5.32 Å². The lowest BCUT2D eigenvalue weighted by Gasteiger charge is -2.06. The first-order valence-corrected chi connectivity index (χ1v) is 9.02. The lowest BCUT2D eigenvalue weighted by molar-refractivity contribution is 0.102. The van der Waals surface area contributed by atoms with Gasteiger partial charge in [-0.1, -0.05) is 12.1 Å². The van der Waals surface area contributed by atoms with Crippen LogP contribution in [-0.2, 0) is 0 Å². The van der Waals surface area contributed by atoms with Crippen molar-refractivity contribution < 1.29 is 4.79 Å². The highest BCUT2D eigenvalue weighted by Gasteiger charge is 2.30. The molecule has 1 aliphatic rings. The van der Waals surface area contributed by atoms with E-state index in [1.54, 1.807) is 13.0 Å². The van der Waals surface area contributed by atoms with Crippen LogP contribution in [0.1, 0.15) is 40.6 Å². The molecule has 1 aliphatic carbocycles. The Labute approximate surface area is 154 Å². The van der Waals surface area contributed by atoms with E-state index in [2.05, 4.69) is 15.3 Å². The Kier molecular flexibility index (Phi) is 3.40. The molecule has 3 heterocycles. The van der Waals surface area contributed by atoms with Crippen LogP contribution in [0.2, 0.25) is 0 Å². The first kappa shape index (κ1) is 15.8. The molecule has 2 N–H and O–H groups in total. The van der Waals surface area contributed by atoms with Gasteiger partial charge in [0.25, 0.3) is 11.5 Å². The van der Waals surface area contributed by atoms with Gasteiger partial charge in [-0.3, -0.25) is 9.59 Å². The number of nitrogens with one attached hydrogen (secondary N) is 2. The van der Waals surface area contributed by atoms with E-state index in [-0.39, 0.29) is 11.5 Å². The van der Waals surface area contributed by atoms with Crippen LogP contribution in [0, 0.1) is 6.92 Å². The molecule has 5 rings (SSSR count). The summed E-state index contributed by atoms with van der Waals surface area (Å²) in [5.74, 6) is 1.14. The standard InChI is InChI=1S/C21H18N4O2/c1-12-10-14-7-8-15(11-16(14)23-20(12)26)22-21(27)18-17-4-2-3-9-25(17)19(24-18)13-5-6-13/h2-4,7-11,13H,5-6H2,1H3,(H,22,27)(H,23,26). The Hall–Kier alpha value is -3.41. The smallest absolute Gasteiger partial charge is 0.276 e. The van der Waals surface area contributed by atoms with Gasteiger partial charge >= 0.3 is 0 Å². The summed E-state index contributed by atoms with van der Waals surface area (Å²) in [6.45, 7) is 1.77. The normalized spacial score (nSPS) is 14.0. The first-order chi connectivity index (χ1) is 13.1. The number of nitrogens with zero attached hydrogens (tertiary/aromatic N) is 2. The molecule has 4 aromatic rings. The summed E-state index contributed by atoms with van der Waals surface area (Å²) in [6.07, 6.45) is 4.19. The largest absolute Gasteiger partial charge is 0.322 e. The number of carbonyl (C=O) groups excluding carboxylic acids is 1. The summed E-state index contributed by atoms with van der Waals surface area (Å²) >= 11 is 0. The molecule has 3 aromatic heterocycles. The number of aromatic nitrogens is 3. The highest BCUT2D eigenvalue weighted by Crippen LogP contribution is 2.40. The second-order valence-electron chi connectivity index (χ2n) is 7.09. The number of fused-ring (bicyclic) bond motifs is 2. The van der Waals surface area contributed by atoms with E-state index >= 15 is 0 Å². The summed E-state index contributed by atoms with van der Waals surface area (Å²) < 4.78 is 2.01. The van der Waals surface area contributed by atoms with Crippen molar-refractivity contribution in [2.45, 2.75) is 25.7 Å². The second kappa shape index (κ2) is 5.81. The molecule has 6 nitrogen and oxygen atoms in total. The third-order valence-corrected chi connectivity index (χ3v) is 5.02. The fourth-order valence-electron chi connectivity index (χ4n) is 3.44. The minimum atomic E-state index is -0.251. The number of aryl methyl sites for hydroxylation is 1. The summed E-state index contributed by atoms with van der Waals surface area (Å²) in [6, 6.07) is 13.1. The fourth-order valence-corrected chi connectivity index (χ4v) is 3.44. The van der Waals surface area contributed by atoms with Gasteiger partial charge < -0.3 is 14.7 Å². The molecule has 6 heteroatoms. The average molecular weight is 358 g/mol. The first-order valence-electron chi connectivity index (χ1n) is 9.02. The summed E-state index contributed by atoms with van der Waals surface area (Å²) in [4.78, 5) is 32.2. The third-order valence-electron chi connectivity index (χ3n) is 5.02. The zero-order valence-electron chi connectivity index (χ0n) is 14.8. The van der Waals surface area contributed by atoms with Crippen molar-refractivity contribution in [3.63, 3.8) is 0 Å². The predicted octanol–water partition coefficient (Wildman–Crippen LogP) is 3.61.